The molecule has 1 saturated carbocycles. The standard InChI is InChI=1S/C18H27NO2/c1-14-9-11-16(12-10-14)19(3)13-18(2,17(20)21)15-7-5-4-6-8-15/h4-8,14,16H,9-13H2,1-3H3,(H,20,21). The van der Waals surface area contributed by atoms with Crippen LogP contribution in [-0.2, 0) is 10.2 Å². The number of rotatable bonds is 5. The average Bonchev–Trinajstić information content (AvgIpc) is 2.48. The van der Waals surface area contributed by atoms with E-state index in [2.05, 4.69) is 18.9 Å². The summed E-state index contributed by atoms with van der Waals surface area (Å²) in [7, 11) is 2.07. The Morgan fingerprint density at radius 2 is 1.81 bits per heavy atom. The van der Waals surface area contributed by atoms with Crippen molar-refractivity contribution >= 4 is 5.97 Å². The van der Waals surface area contributed by atoms with Gasteiger partial charge >= 0.3 is 5.97 Å². The fourth-order valence-electron chi connectivity index (χ4n) is 3.40. The summed E-state index contributed by atoms with van der Waals surface area (Å²) in [4.78, 5) is 14.1. The van der Waals surface area contributed by atoms with Crippen LogP contribution in [0.25, 0.3) is 0 Å². The molecule has 0 spiro atoms. The minimum Gasteiger partial charge on any atom is -0.481 e. The number of carbonyl (C=O) groups is 1. The summed E-state index contributed by atoms with van der Waals surface area (Å²) >= 11 is 0. The minimum atomic E-state index is -0.848. The van der Waals surface area contributed by atoms with E-state index in [-0.39, 0.29) is 0 Å². The van der Waals surface area contributed by atoms with Crippen LogP contribution >= 0.6 is 0 Å². The van der Waals surface area contributed by atoms with Gasteiger partial charge in [0.1, 0.15) is 5.41 Å². The van der Waals surface area contributed by atoms with Gasteiger partial charge in [0.05, 0.1) is 0 Å². The van der Waals surface area contributed by atoms with Crippen molar-refractivity contribution in [3.8, 4) is 0 Å². The maximum absolute atomic E-state index is 11.9. The summed E-state index contributed by atoms with van der Waals surface area (Å²) in [5.41, 5.74) is 0.0348. The molecule has 0 amide bonds. The van der Waals surface area contributed by atoms with E-state index in [0.717, 1.165) is 11.5 Å². The van der Waals surface area contributed by atoms with Gasteiger partial charge in [0.2, 0.25) is 0 Å². The molecule has 1 unspecified atom stereocenters. The topological polar surface area (TPSA) is 40.5 Å². The van der Waals surface area contributed by atoms with Crippen molar-refractivity contribution in [2.24, 2.45) is 5.92 Å². The Morgan fingerprint density at radius 3 is 2.33 bits per heavy atom. The lowest BCUT2D eigenvalue weighted by molar-refractivity contribution is -0.144. The number of carboxylic acid groups (broad SMARTS) is 1. The van der Waals surface area contributed by atoms with Crippen molar-refractivity contribution in [2.45, 2.75) is 51.0 Å². The molecular weight excluding hydrogens is 262 g/mol. The van der Waals surface area contributed by atoms with Crippen molar-refractivity contribution in [1.29, 1.82) is 0 Å². The summed E-state index contributed by atoms with van der Waals surface area (Å²) in [6, 6.07) is 10.1. The lowest BCUT2D eigenvalue weighted by Crippen LogP contribution is -2.47. The monoisotopic (exact) mass is 289 g/mol. The number of aliphatic carboxylic acids is 1. The van der Waals surface area contributed by atoms with E-state index in [4.69, 9.17) is 0 Å². The molecule has 3 nitrogen and oxygen atoms in total. The summed E-state index contributed by atoms with van der Waals surface area (Å²) < 4.78 is 0. The number of hydrogen-bond acceptors (Lipinski definition) is 2. The number of nitrogens with zero attached hydrogens (tertiary/aromatic N) is 1. The molecule has 1 fully saturated rings. The van der Waals surface area contributed by atoms with Gasteiger partial charge < -0.3 is 10.0 Å². The molecule has 1 aromatic rings. The van der Waals surface area contributed by atoms with Crippen LogP contribution in [0.4, 0.5) is 0 Å². The molecule has 1 N–H and O–H groups in total. The second-order valence-corrected chi connectivity index (χ2v) is 6.83. The van der Waals surface area contributed by atoms with Gasteiger partial charge in [0, 0.05) is 12.6 Å². The molecule has 116 valence electrons. The summed E-state index contributed by atoms with van der Waals surface area (Å²) in [5, 5.41) is 9.75. The van der Waals surface area contributed by atoms with Crippen molar-refractivity contribution < 1.29 is 9.90 Å². The van der Waals surface area contributed by atoms with Gasteiger partial charge in [0.25, 0.3) is 0 Å². The van der Waals surface area contributed by atoms with Gasteiger partial charge in [-0.2, -0.15) is 0 Å². The first kappa shape index (κ1) is 16.0. The molecule has 3 heteroatoms. The third-order valence-electron chi connectivity index (χ3n) is 5.06. The molecule has 0 aromatic heterocycles. The van der Waals surface area contributed by atoms with E-state index in [9.17, 15) is 9.90 Å². The Kier molecular flexibility index (Phi) is 5.04. The minimum absolute atomic E-state index is 0.517. The van der Waals surface area contributed by atoms with Gasteiger partial charge in [0.15, 0.2) is 0 Å². The van der Waals surface area contributed by atoms with Crippen LogP contribution < -0.4 is 0 Å². The molecule has 0 aliphatic heterocycles. The molecule has 1 aromatic carbocycles. The molecule has 21 heavy (non-hydrogen) atoms. The number of hydrogen-bond donors (Lipinski definition) is 1. The Hall–Kier alpha value is -1.35. The molecule has 1 aliphatic rings. The highest BCUT2D eigenvalue weighted by atomic mass is 16.4. The van der Waals surface area contributed by atoms with Gasteiger partial charge in [-0.15, -0.1) is 0 Å². The molecule has 0 bridgehead atoms. The predicted molar refractivity (Wildman–Crippen MR) is 85.5 cm³/mol. The van der Waals surface area contributed by atoms with E-state index >= 15 is 0 Å². The first-order valence-electron chi connectivity index (χ1n) is 7.92. The fourth-order valence-corrected chi connectivity index (χ4v) is 3.40. The quantitative estimate of drug-likeness (QED) is 0.901. The molecule has 1 atom stereocenters. The number of carboxylic acids is 1. The van der Waals surface area contributed by atoms with Gasteiger partial charge in [-0.3, -0.25) is 4.79 Å². The van der Waals surface area contributed by atoms with E-state index < -0.39 is 11.4 Å². The maximum atomic E-state index is 11.9. The van der Waals surface area contributed by atoms with Gasteiger partial charge in [-0.05, 0) is 51.1 Å². The van der Waals surface area contributed by atoms with Crippen LogP contribution in [0.5, 0.6) is 0 Å². The summed E-state index contributed by atoms with van der Waals surface area (Å²) in [6.07, 6.45) is 4.87. The molecule has 1 aliphatic carbocycles. The van der Waals surface area contributed by atoms with Crippen molar-refractivity contribution in [1.82, 2.24) is 4.90 Å². The zero-order valence-corrected chi connectivity index (χ0v) is 13.4. The zero-order valence-electron chi connectivity index (χ0n) is 13.4. The van der Waals surface area contributed by atoms with Crippen LogP contribution in [0, 0.1) is 5.92 Å². The number of likely N-dealkylation sites (N-methyl/N-ethyl adjacent to an activating group) is 1. The second-order valence-electron chi connectivity index (χ2n) is 6.83. The first-order valence-corrected chi connectivity index (χ1v) is 7.92. The molecular formula is C18H27NO2. The highest BCUT2D eigenvalue weighted by Crippen LogP contribution is 2.30. The van der Waals surface area contributed by atoms with Crippen LogP contribution in [-0.4, -0.2) is 35.6 Å². The third kappa shape index (κ3) is 3.65. The highest BCUT2D eigenvalue weighted by Gasteiger charge is 2.38. The van der Waals surface area contributed by atoms with Gasteiger partial charge in [-0.1, -0.05) is 37.3 Å². The zero-order chi connectivity index (χ0) is 15.5. The van der Waals surface area contributed by atoms with Crippen molar-refractivity contribution in [2.75, 3.05) is 13.6 Å². The largest absolute Gasteiger partial charge is 0.481 e. The molecule has 0 heterocycles. The highest BCUT2D eigenvalue weighted by molar-refractivity contribution is 5.81. The Morgan fingerprint density at radius 1 is 1.24 bits per heavy atom. The first-order chi connectivity index (χ1) is 9.93. The Bertz CT molecular complexity index is 465. The molecule has 0 saturated heterocycles. The van der Waals surface area contributed by atoms with Crippen LogP contribution in [0.1, 0.15) is 45.1 Å². The van der Waals surface area contributed by atoms with E-state index in [0.29, 0.717) is 12.6 Å². The van der Waals surface area contributed by atoms with E-state index in [1.165, 1.54) is 25.7 Å². The maximum Gasteiger partial charge on any atom is 0.315 e. The van der Waals surface area contributed by atoms with Crippen molar-refractivity contribution in [3.63, 3.8) is 0 Å². The number of benzene rings is 1. The van der Waals surface area contributed by atoms with Gasteiger partial charge in [-0.25, -0.2) is 0 Å². The Labute approximate surface area is 128 Å². The summed E-state index contributed by atoms with van der Waals surface area (Å²) in [6.45, 7) is 4.71. The normalized spacial score (nSPS) is 25.5. The van der Waals surface area contributed by atoms with Crippen LogP contribution in [0.3, 0.4) is 0 Å². The van der Waals surface area contributed by atoms with Crippen molar-refractivity contribution in [3.05, 3.63) is 35.9 Å². The Balaban J connectivity index is 2.11. The predicted octanol–water partition coefficient (Wildman–Crippen LogP) is 3.54. The third-order valence-corrected chi connectivity index (χ3v) is 5.06. The SMILES string of the molecule is CC1CCC(N(C)CC(C)(C(=O)O)c2ccccc2)CC1. The van der Waals surface area contributed by atoms with Crippen LogP contribution in [0.2, 0.25) is 0 Å². The second kappa shape index (κ2) is 6.61. The van der Waals surface area contributed by atoms with Crippen LogP contribution in [0.15, 0.2) is 30.3 Å². The molecule has 0 radical (unpaired) electrons. The van der Waals surface area contributed by atoms with E-state index in [1.54, 1.807) is 0 Å². The molecule has 2 rings (SSSR count). The fraction of sp³-hybridized carbons (Fsp3) is 0.611. The lowest BCUT2D eigenvalue weighted by atomic mass is 9.80. The smallest absolute Gasteiger partial charge is 0.315 e. The van der Waals surface area contributed by atoms with E-state index in [1.807, 2.05) is 37.3 Å². The summed E-state index contributed by atoms with van der Waals surface area (Å²) in [5.74, 6) is 0.0689. The lowest BCUT2D eigenvalue weighted by Gasteiger charge is -2.38. The average molecular weight is 289 g/mol.